The van der Waals surface area contributed by atoms with Crippen molar-refractivity contribution in [1.29, 1.82) is 0 Å². The Balaban J connectivity index is 0.00000320. The van der Waals surface area contributed by atoms with Crippen LogP contribution in [-0.4, -0.2) is 37.9 Å². The lowest BCUT2D eigenvalue weighted by Gasteiger charge is -2.15. The van der Waals surface area contributed by atoms with Gasteiger partial charge in [-0.1, -0.05) is 6.92 Å². The van der Waals surface area contributed by atoms with E-state index in [9.17, 15) is 8.78 Å². The van der Waals surface area contributed by atoms with Crippen molar-refractivity contribution < 1.29 is 23.0 Å². The minimum Gasteiger partial charge on any atom is -0.454 e. The minimum absolute atomic E-state index is 0. The molecule has 1 aromatic carbocycles. The normalized spacial score (nSPS) is 12.7. The van der Waals surface area contributed by atoms with Gasteiger partial charge in [0.2, 0.25) is 6.79 Å². The van der Waals surface area contributed by atoms with Crippen molar-refractivity contribution in [1.82, 2.24) is 15.6 Å². The smallest absolute Gasteiger partial charge is 0.387 e. The molecule has 2 aromatic rings. The Labute approximate surface area is 195 Å². The number of fused-ring (bicyclic) bond motifs is 1. The summed E-state index contributed by atoms with van der Waals surface area (Å²) in [6, 6.07) is 3.04. The predicted octanol–water partition coefficient (Wildman–Crippen LogP) is 3.87. The summed E-state index contributed by atoms with van der Waals surface area (Å²) in [5, 5.41) is 7.39. The number of alkyl halides is 2. The molecule has 30 heavy (non-hydrogen) atoms. The molecule has 7 nitrogen and oxygen atoms in total. The summed E-state index contributed by atoms with van der Waals surface area (Å²) in [7, 11) is 1.65. The molecular weight excluding hydrogens is 529 g/mol. The molecule has 0 atom stereocenters. The van der Waals surface area contributed by atoms with Crippen molar-refractivity contribution in [2.75, 3.05) is 20.4 Å². The summed E-state index contributed by atoms with van der Waals surface area (Å²) >= 11 is 1.70. The number of halogens is 3. The van der Waals surface area contributed by atoms with Gasteiger partial charge in [0.25, 0.3) is 0 Å². The van der Waals surface area contributed by atoms with Gasteiger partial charge in [-0.15, -0.1) is 35.3 Å². The van der Waals surface area contributed by atoms with Crippen LogP contribution in [0.2, 0.25) is 0 Å². The van der Waals surface area contributed by atoms with E-state index in [0.29, 0.717) is 29.6 Å². The van der Waals surface area contributed by atoms with E-state index < -0.39 is 6.61 Å². The molecule has 0 fully saturated rings. The van der Waals surface area contributed by atoms with Crippen molar-refractivity contribution in [2.24, 2.45) is 4.99 Å². The number of hydrogen-bond acceptors (Lipinski definition) is 6. The third-order valence-electron chi connectivity index (χ3n) is 4.34. The number of hydrogen-bond donors (Lipinski definition) is 2. The van der Waals surface area contributed by atoms with Gasteiger partial charge in [-0.3, -0.25) is 4.99 Å². The number of nitrogens with zero attached hydrogens (tertiary/aromatic N) is 2. The van der Waals surface area contributed by atoms with Crippen LogP contribution in [0.15, 0.2) is 17.1 Å². The van der Waals surface area contributed by atoms with Gasteiger partial charge in [0.15, 0.2) is 17.5 Å². The molecule has 0 saturated carbocycles. The third-order valence-corrected chi connectivity index (χ3v) is 5.42. The molecule has 0 aliphatic carbocycles. The number of rotatable bonds is 8. The highest BCUT2D eigenvalue weighted by atomic mass is 127. The van der Waals surface area contributed by atoms with E-state index in [0.717, 1.165) is 23.5 Å². The molecule has 1 aromatic heterocycles. The maximum Gasteiger partial charge on any atom is 0.387 e. The van der Waals surface area contributed by atoms with Gasteiger partial charge < -0.3 is 24.8 Å². The fourth-order valence-corrected chi connectivity index (χ4v) is 3.94. The molecule has 1 aliphatic heterocycles. The predicted molar refractivity (Wildman–Crippen MR) is 123 cm³/mol. The van der Waals surface area contributed by atoms with E-state index in [1.54, 1.807) is 24.5 Å². The molecule has 0 radical (unpaired) electrons. The average molecular weight is 554 g/mol. The first kappa shape index (κ1) is 24.4. The van der Waals surface area contributed by atoms with Gasteiger partial charge in [-0.25, -0.2) is 4.98 Å². The molecule has 0 saturated heterocycles. The molecule has 0 spiro atoms. The van der Waals surface area contributed by atoms with Crippen LogP contribution < -0.4 is 24.8 Å². The number of ether oxygens (including phenoxy) is 3. The molecule has 166 valence electrons. The zero-order valence-corrected chi connectivity index (χ0v) is 20.1. The van der Waals surface area contributed by atoms with Crippen LogP contribution in [0.1, 0.15) is 28.1 Å². The Kier molecular flexibility index (Phi) is 9.34. The first-order valence-electron chi connectivity index (χ1n) is 9.27. The number of aromatic nitrogens is 1. The van der Waals surface area contributed by atoms with Crippen LogP contribution in [0.25, 0.3) is 0 Å². The molecule has 0 unspecified atom stereocenters. The van der Waals surface area contributed by atoms with Gasteiger partial charge >= 0.3 is 6.61 Å². The quantitative estimate of drug-likeness (QED) is 0.293. The second kappa shape index (κ2) is 11.5. The molecule has 3 rings (SSSR count). The number of guanidine groups is 1. The first-order chi connectivity index (χ1) is 14.0. The monoisotopic (exact) mass is 554 g/mol. The van der Waals surface area contributed by atoms with Crippen molar-refractivity contribution >= 4 is 41.3 Å². The zero-order chi connectivity index (χ0) is 20.8. The van der Waals surface area contributed by atoms with Crippen LogP contribution in [-0.2, 0) is 19.4 Å². The fourth-order valence-electron chi connectivity index (χ4n) is 2.92. The van der Waals surface area contributed by atoms with Crippen LogP contribution in [0.3, 0.4) is 0 Å². The molecule has 1 aliphatic rings. The fraction of sp³-hybridized carbons (Fsp3) is 0.474. The lowest BCUT2D eigenvalue weighted by atomic mass is 10.1. The summed E-state index contributed by atoms with van der Waals surface area (Å²) in [6.45, 7) is 2.18. The summed E-state index contributed by atoms with van der Waals surface area (Å²) in [5.41, 5.74) is 1.66. The Bertz CT molecular complexity index is 880. The highest BCUT2D eigenvalue weighted by Gasteiger charge is 2.20. The Morgan fingerprint density at radius 3 is 2.67 bits per heavy atom. The van der Waals surface area contributed by atoms with Gasteiger partial charge in [0, 0.05) is 43.1 Å². The first-order valence-corrected chi connectivity index (χ1v) is 10.1. The second-order valence-corrected chi connectivity index (χ2v) is 7.55. The van der Waals surface area contributed by atoms with Gasteiger partial charge in [0.05, 0.1) is 10.7 Å². The summed E-state index contributed by atoms with van der Waals surface area (Å²) in [6.07, 6.45) is 1.70. The minimum atomic E-state index is -2.93. The maximum atomic E-state index is 12.7. The number of aryl methyl sites for hydroxylation is 2. The van der Waals surface area contributed by atoms with Crippen LogP contribution in [0.4, 0.5) is 8.78 Å². The number of aliphatic imine (C=N–C) groups is 1. The molecule has 0 bridgehead atoms. The van der Waals surface area contributed by atoms with Gasteiger partial charge in [-0.05, 0) is 19.4 Å². The van der Waals surface area contributed by atoms with E-state index in [-0.39, 0.29) is 43.1 Å². The lowest BCUT2D eigenvalue weighted by molar-refractivity contribution is -0.0505. The van der Waals surface area contributed by atoms with E-state index in [2.05, 4.69) is 39.2 Å². The standard InChI is InChI=1S/C19H24F2N4O3S.HI/c1-4-13-11(2)29-17(25-13)5-6-23-19(22-3)24-9-12-7-15-16(27-10-26-15)8-14(12)28-18(20)21;/h7-8,18H,4-6,9-10H2,1-3H3,(H2,22,23,24);1H. The summed E-state index contributed by atoms with van der Waals surface area (Å²) < 4.78 is 40.7. The SMILES string of the molecule is CCc1nc(CCNC(=NC)NCc2cc3c(cc2OC(F)F)OCO3)sc1C.I. The summed E-state index contributed by atoms with van der Waals surface area (Å²) in [4.78, 5) is 10.0. The zero-order valence-electron chi connectivity index (χ0n) is 17.0. The largest absolute Gasteiger partial charge is 0.454 e. The molecule has 2 N–H and O–H groups in total. The molecule has 0 amide bonds. The van der Waals surface area contributed by atoms with Crippen LogP contribution in [0.5, 0.6) is 17.2 Å². The highest BCUT2D eigenvalue weighted by molar-refractivity contribution is 14.0. The second-order valence-electron chi connectivity index (χ2n) is 6.26. The lowest BCUT2D eigenvalue weighted by Crippen LogP contribution is -2.38. The van der Waals surface area contributed by atoms with E-state index in [1.165, 1.54) is 10.9 Å². The Morgan fingerprint density at radius 1 is 1.30 bits per heavy atom. The molecule has 2 heterocycles. The maximum absolute atomic E-state index is 12.7. The van der Waals surface area contributed by atoms with Gasteiger partial charge in [-0.2, -0.15) is 8.78 Å². The van der Waals surface area contributed by atoms with Crippen LogP contribution in [0, 0.1) is 6.92 Å². The van der Waals surface area contributed by atoms with Crippen molar-refractivity contribution in [2.45, 2.75) is 39.8 Å². The van der Waals surface area contributed by atoms with Crippen molar-refractivity contribution in [3.8, 4) is 17.2 Å². The highest BCUT2D eigenvalue weighted by Crippen LogP contribution is 2.38. The van der Waals surface area contributed by atoms with E-state index >= 15 is 0 Å². The Morgan fingerprint density at radius 2 is 2.03 bits per heavy atom. The molecule has 11 heteroatoms. The third kappa shape index (κ3) is 6.30. The van der Waals surface area contributed by atoms with Crippen molar-refractivity contribution in [3.63, 3.8) is 0 Å². The summed E-state index contributed by atoms with van der Waals surface area (Å²) in [5.74, 6) is 1.47. The number of nitrogens with one attached hydrogen (secondary N) is 2. The Hall–Kier alpha value is -1.89. The van der Waals surface area contributed by atoms with Crippen LogP contribution >= 0.6 is 35.3 Å². The number of thiazole rings is 1. The van der Waals surface area contributed by atoms with Gasteiger partial charge in [0.1, 0.15) is 5.75 Å². The van der Waals surface area contributed by atoms with E-state index in [4.69, 9.17) is 9.47 Å². The molecular formula is C19H25F2IN4O3S. The average Bonchev–Trinajstić information content (AvgIpc) is 3.29. The number of benzene rings is 1. The topological polar surface area (TPSA) is 77.0 Å². The van der Waals surface area contributed by atoms with E-state index in [1.807, 2.05) is 0 Å². The van der Waals surface area contributed by atoms with Crippen molar-refractivity contribution in [3.05, 3.63) is 33.3 Å².